The van der Waals surface area contributed by atoms with Gasteiger partial charge in [0.1, 0.15) is 0 Å². The van der Waals surface area contributed by atoms with Crippen LogP contribution in [0.25, 0.3) is 10.8 Å². The molecule has 0 radical (unpaired) electrons. The highest BCUT2D eigenvalue weighted by atomic mass is 16.3. The molecular formula is C16H18O. The third kappa shape index (κ3) is 1.29. The fourth-order valence-corrected chi connectivity index (χ4v) is 3.53. The van der Waals surface area contributed by atoms with Crippen molar-refractivity contribution in [2.75, 3.05) is 0 Å². The molecule has 0 fully saturated rings. The van der Waals surface area contributed by atoms with Gasteiger partial charge in [0.2, 0.25) is 0 Å². The van der Waals surface area contributed by atoms with E-state index in [1.165, 1.54) is 16.3 Å². The van der Waals surface area contributed by atoms with E-state index in [0.717, 1.165) is 5.56 Å². The Hall–Kier alpha value is -1.34. The lowest BCUT2D eigenvalue weighted by Crippen LogP contribution is -2.29. The summed E-state index contributed by atoms with van der Waals surface area (Å²) in [7, 11) is 0. The monoisotopic (exact) mass is 226 g/mol. The number of aliphatic hydroxyl groups is 1. The van der Waals surface area contributed by atoms with Gasteiger partial charge >= 0.3 is 0 Å². The first-order valence-corrected chi connectivity index (χ1v) is 6.28. The van der Waals surface area contributed by atoms with Crippen LogP contribution in [0.1, 0.15) is 37.8 Å². The van der Waals surface area contributed by atoms with Gasteiger partial charge in [-0.25, -0.2) is 0 Å². The summed E-state index contributed by atoms with van der Waals surface area (Å²) < 4.78 is 0. The van der Waals surface area contributed by atoms with Crippen LogP contribution < -0.4 is 0 Å². The SMILES string of the molecule is CC(C)C1c2cccc3cccc(c23)C1(C)O. The Balaban J connectivity index is 2.41. The minimum absolute atomic E-state index is 0.198. The van der Waals surface area contributed by atoms with Gasteiger partial charge in [0.05, 0.1) is 5.60 Å². The van der Waals surface area contributed by atoms with Crippen molar-refractivity contribution in [1.82, 2.24) is 0 Å². The second-order valence-corrected chi connectivity index (χ2v) is 5.62. The molecular weight excluding hydrogens is 208 g/mol. The Bertz CT molecular complexity index is 576. The third-order valence-corrected chi connectivity index (χ3v) is 4.09. The molecule has 2 aromatic carbocycles. The van der Waals surface area contributed by atoms with Crippen molar-refractivity contribution in [3.63, 3.8) is 0 Å². The van der Waals surface area contributed by atoms with Crippen molar-refractivity contribution in [3.8, 4) is 0 Å². The molecule has 0 spiro atoms. The quantitative estimate of drug-likeness (QED) is 0.784. The van der Waals surface area contributed by atoms with Crippen LogP contribution >= 0.6 is 0 Å². The van der Waals surface area contributed by atoms with Crippen LogP contribution in [0.3, 0.4) is 0 Å². The van der Waals surface area contributed by atoms with Crippen molar-refractivity contribution in [2.24, 2.45) is 5.92 Å². The molecule has 1 aliphatic carbocycles. The number of hydrogen-bond donors (Lipinski definition) is 1. The average Bonchev–Trinajstić information content (AvgIpc) is 2.50. The van der Waals surface area contributed by atoms with Crippen LogP contribution in [0, 0.1) is 5.92 Å². The normalized spacial score (nSPS) is 27.0. The van der Waals surface area contributed by atoms with Crippen LogP contribution in [0.15, 0.2) is 36.4 Å². The second kappa shape index (κ2) is 3.33. The number of hydrogen-bond acceptors (Lipinski definition) is 1. The largest absolute Gasteiger partial charge is 0.385 e. The molecule has 0 saturated heterocycles. The van der Waals surface area contributed by atoms with Crippen LogP contribution in [-0.4, -0.2) is 5.11 Å². The van der Waals surface area contributed by atoms with E-state index in [1.54, 1.807) is 0 Å². The zero-order valence-electron chi connectivity index (χ0n) is 10.6. The minimum Gasteiger partial charge on any atom is -0.385 e. The van der Waals surface area contributed by atoms with E-state index in [9.17, 15) is 5.11 Å². The molecule has 1 N–H and O–H groups in total. The Morgan fingerprint density at radius 2 is 1.76 bits per heavy atom. The third-order valence-electron chi connectivity index (χ3n) is 4.09. The van der Waals surface area contributed by atoms with Gasteiger partial charge in [-0.05, 0) is 34.7 Å². The highest BCUT2D eigenvalue weighted by Crippen LogP contribution is 2.52. The highest BCUT2D eigenvalue weighted by molar-refractivity contribution is 5.92. The first kappa shape index (κ1) is 10.8. The molecule has 0 saturated carbocycles. The van der Waals surface area contributed by atoms with Crippen molar-refractivity contribution in [1.29, 1.82) is 0 Å². The molecule has 17 heavy (non-hydrogen) atoms. The maximum Gasteiger partial charge on any atom is 0.0945 e. The molecule has 1 nitrogen and oxygen atoms in total. The molecule has 88 valence electrons. The Morgan fingerprint density at radius 3 is 2.41 bits per heavy atom. The van der Waals surface area contributed by atoms with E-state index in [4.69, 9.17) is 0 Å². The van der Waals surface area contributed by atoms with Gasteiger partial charge in [0, 0.05) is 5.92 Å². The lowest BCUT2D eigenvalue weighted by molar-refractivity contribution is 0.0182. The molecule has 0 heterocycles. The van der Waals surface area contributed by atoms with Gasteiger partial charge < -0.3 is 5.11 Å². The molecule has 0 aliphatic heterocycles. The van der Waals surface area contributed by atoms with Gasteiger partial charge in [-0.3, -0.25) is 0 Å². The van der Waals surface area contributed by atoms with E-state index >= 15 is 0 Å². The van der Waals surface area contributed by atoms with Crippen molar-refractivity contribution in [3.05, 3.63) is 47.5 Å². The van der Waals surface area contributed by atoms with Gasteiger partial charge in [0.25, 0.3) is 0 Å². The molecule has 2 aromatic rings. The van der Waals surface area contributed by atoms with Crippen LogP contribution in [-0.2, 0) is 5.60 Å². The molecule has 0 bridgehead atoms. The summed E-state index contributed by atoms with van der Waals surface area (Å²) in [5, 5.41) is 13.4. The van der Waals surface area contributed by atoms with Crippen molar-refractivity contribution in [2.45, 2.75) is 32.3 Å². The summed E-state index contributed by atoms with van der Waals surface area (Å²) in [5.74, 6) is 0.631. The molecule has 0 amide bonds. The second-order valence-electron chi connectivity index (χ2n) is 5.62. The topological polar surface area (TPSA) is 20.2 Å². The summed E-state index contributed by atoms with van der Waals surface area (Å²) >= 11 is 0. The van der Waals surface area contributed by atoms with E-state index in [0.29, 0.717) is 5.92 Å². The predicted octanol–water partition coefficient (Wildman–Crippen LogP) is 3.80. The Kier molecular flexibility index (Phi) is 2.11. The van der Waals surface area contributed by atoms with Crippen molar-refractivity contribution >= 4 is 10.8 Å². The van der Waals surface area contributed by atoms with E-state index in [2.05, 4.69) is 44.2 Å². The van der Waals surface area contributed by atoms with Gasteiger partial charge in [-0.15, -0.1) is 0 Å². The zero-order valence-corrected chi connectivity index (χ0v) is 10.6. The molecule has 1 aliphatic rings. The summed E-state index contributed by atoms with van der Waals surface area (Å²) in [6.07, 6.45) is 0. The Labute approximate surface area is 102 Å². The highest BCUT2D eigenvalue weighted by Gasteiger charge is 2.43. The van der Waals surface area contributed by atoms with Crippen LogP contribution in [0.4, 0.5) is 0 Å². The van der Waals surface area contributed by atoms with Gasteiger partial charge in [-0.1, -0.05) is 50.2 Å². The molecule has 3 rings (SSSR count). The molecule has 2 atom stereocenters. The number of benzene rings is 2. The van der Waals surface area contributed by atoms with Gasteiger partial charge in [0.15, 0.2) is 0 Å². The average molecular weight is 226 g/mol. The fourth-order valence-electron chi connectivity index (χ4n) is 3.53. The predicted molar refractivity (Wildman–Crippen MR) is 71.1 cm³/mol. The maximum atomic E-state index is 10.9. The summed E-state index contributed by atoms with van der Waals surface area (Å²) in [5.41, 5.74) is 1.65. The van der Waals surface area contributed by atoms with Crippen molar-refractivity contribution < 1.29 is 5.11 Å². The fraction of sp³-hybridized carbons (Fsp3) is 0.375. The standard InChI is InChI=1S/C16H18O/c1-10(2)15-12-8-4-6-11-7-5-9-13(14(11)12)16(15,3)17/h4-10,15,17H,1-3H3. The lowest BCUT2D eigenvalue weighted by Gasteiger charge is -2.30. The summed E-state index contributed by atoms with van der Waals surface area (Å²) in [6, 6.07) is 12.6. The minimum atomic E-state index is -0.739. The first-order chi connectivity index (χ1) is 8.03. The Morgan fingerprint density at radius 1 is 1.12 bits per heavy atom. The zero-order chi connectivity index (χ0) is 12.2. The van der Waals surface area contributed by atoms with Crippen LogP contribution in [0.2, 0.25) is 0 Å². The van der Waals surface area contributed by atoms with Gasteiger partial charge in [-0.2, -0.15) is 0 Å². The number of rotatable bonds is 1. The molecule has 1 heteroatoms. The molecule has 0 aromatic heterocycles. The molecule has 2 unspecified atom stereocenters. The maximum absolute atomic E-state index is 10.9. The van der Waals surface area contributed by atoms with E-state index in [-0.39, 0.29) is 5.92 Å². The lowest BCUT2D eigenvalue weighted by atomic mass is 9.79. The summed E-state index contributed by atoms with van der Waals surface area (Å²) in [6.45, 7) is 6.32. The van der Waals surface area contributed by atoms with E-state index < -0.39 is 5.60 Å². The van der Waals surface area contributed by atoms with E-state index in [1.807, 2.05) is 13.0 Å². The first-order valence-electron chi connectivity index (χ1n) is 6.28. The smallest absolute Gasteiger partial charge is 0.0945 e. The van der Waals surface area contributed by atoms with Crippen LogP contribution in [0.5, 0.6) is 0 Å². The summed E-state index contributed by atoms with van der Waals surface area (Å²) in [4.78, 5) is 0.